The standard InChI is InChI=1S/C12H9FN2OS/c13-6-1-2-7-5(3-6)4-8-9(7)10(11(14)16)12(15)17-8/h1-3H,4,15H2,(H2,14,16). The second-order valence-corrected chi connectivity index (χ2v) is 5.12. The molecule has 0 saturated carbocycles. The number of nitrogen functional groups attached to an aromatic ring is 1. The van der Waals surface area contributed by atoms with Crippen LogP contribution in [0.4, 0.5) is 9.39 Å². The molecule has 0 spiro atoms. The van der Waals surface area contributed by atoms with Crippen molar-refractivity contribution >= 4 is 22.2 Å². The summed E-state index contributed by atoms with van der Waals surface area (Å²) in [6.45, 7) is 0. The quantitative estimate of drug-likeness (QED) is 0.692. The maximum Gasteiger partial charge on any atom is 0.252 e. The Morgan fingerprint density at radius 3 is 2.88 bits per heavy atom. The molecule has 5 heteroatoms. The highest BCUT2D eigenvalue weighted by Gasteiger charge is 2.28. The number of hydrogen-bond donors (Lipinski definition) is 2. The number of carbonyl (C=O) groups excluding carboxylic acids is 1. The van der Waals surface area contributed by atoms with Gasteiger partial charge >= 0.3 is 0 Å². The topological polar surface area (TPSA) is 69.1 Å². The van der Waals surface area contributed by atoms with E-state index in [-0.39, 0.29) is 5.82 Å². The highest BCUT2D eigenvalue weighted by molar-refractivity contribution is 7.17. The van der Waals surface area contributed by atoms with Crippen LogP contribution in [0.15, 0.2) is 18.2 Å². The summed E-state index contributed by atoms with van der Waals surface area (Å²) in [6, 6.07) is 4.55. The van der Waals surface area contributed by atoms with Crippen LogP contribution >= 0.6 is 11.3 Å². The van der Waals surface area contributed by atoms with Gasteiger partial charge in [-0.05, 0) is 23.3 Å². The maximum absolute atomic E-state index is 13.1. The Morgan fingerprint density at radius 1 is 1.41 bits per heavy atom. The fraction of sp³-hybridized carbons (Fsp3) is 0.0833. The Labute approximate surface area is 101 Å². The molecule has 0 saturated heterocycles. The monoisotopic (exact) mass is 248 g/mol. The third kappa shape index (κ3) is 1.36. The van der Waals surface area contributed by atoms with Gasteiger partial charge in [0.05, 0.1) is 10.6 Å². The molecular weight excluding hydrogens is 239 g/mol. The van der Waals surface area contributed by atoms with E-state index in [2.05, 4.69) is 0 Å². The van der Waals surface area contributed by atoms with Gasteiger partial charge < -0.3 is 11.5 Å². The van der Waals surface area contributed by atoms with Crippen LogP contribution in [-0.2, 0) is 6.42 Å². The first-order chi connectivity index (χ1) is 8.08. The SMILES string of the molecule is NC(=O)c1c(N)sc2c1-c1ccc(F)cc1C2. The molecule has 1 amide bonds. The number of hydrogen-bond acceptors (Lipinski definition) is 3. The molecule has 3 nitrogen and oxygen atoms in total. The Kier molecular flexibility index (Phi) is 2.00. The van der Waals surface area contributed by atoms with Crippen molar-refractivity contribution in [2.24, 2.45) is 5.73 Å². The molecule has 1 aliphatic carbocycles. The van der Waals surface area contributed by atoms with Gasteiger partial charge in [0.15, 0.2) is 0 Å². The zero-order chi connectivity index (χ0) is 12.2. The predicted molar refractivity (Wildman–Crippen MR) is 65.4 cm³/mol. The third-order valence-corrected chi connectivity index (χ3v) is 3.96. The lowest BCUT2D eigenvalue weighted by Crippen LogP contribution is -2.12. The van der Waals surface area contributed by atoms with Crippen LogP contribution in [0.2, 0.25) is 0 Å². The number of nitrogens with two attached hydrogens (primary N) is 2. The molecule has 0 fully saturated rings. The number of fused-ring (bicyclic) bond motifs is 3. The van der Waals surface area contributed by atoms with E-state index >= 15 is 0 Å². The molecule has 86 valence electrons. The fourth-order valence-electron chi connectivity index (χ4n) is 2.28. The minimum absolute atomic E-state index is 0.271. The lowest BCUT2D eigenvalue weighted by Gasteiger charge is -2.02. The number of anilines is 1. The summed E-state index contributed by atoms with van der Waals surface area (Å²) in [7, 11) is 0. The van der Waals surface area contributed by atoms with Crippen molar-refractivity contribution < 1.29 is 9.18 Å². The minimum atomic E-state index is -0.530. The molecule has 0 bridgehead atoms. The van der Waals surface area contributed by atoms with E-state index in [9.17, 15) is 9.18 Å². The van der Waals surface area contributed by atoms with Gasteiger partial charge in [0.1, 0.15) is 5.82 Å². The number of carbonyl (C=O) groups is 1. The van der Waals surface area contributed by atoms with Gasteiger partial charge in [-0.25, -0.2) is 4.39 Å². The zero-order valence-corrected chi connectivity index (χ0v) is 9.60. The van der Waals surface area contributed by atoms with Gasteiger partial charge in [0.2, 0.25) is 0 Å². The summed E-state index contributed by atoms with van der Waals surface area (Å²) in [4.78, 5) is 12.4. The van der Waals surface area contributed by atoms with Crippen LogP contribution in [0.1, 0.15) is 20.8 Å². The van der Waals surface area contributed by atoms with Crippen LogP contribution in [-0.4, -0.2) is 5.91 Å². The molecule has 2 aromatic rings. The predicted octanol–water partition coefficient (Wildman–Crippen LogP) is 2.14. The van der Waals surface area contributed by atoms with Gasteiger partial charge in [-0.3, -0.25) is 4.79 Å². The van der Waals surface area contributed by atoms with Crippen molar-refractivity contribution in [1.29, 1.82) is 0 Å². The molecule has 17 heavy (non-hydrogen) atoms. The Balaban J connectivity index is 2.30. The summed E-state index contributed by atoms with van der Waals surface area (Å²) >= 11 is 1.35. The number of benzene rings is 1. The van der Waals surface area contributed by atoms with E-state index in [4.69, 9.17) is 11.5 Å². The molecule has 4 N–H and O–H groups in total. The first kappa shape index (κ1) is 10.3. The highest BCUT2D eigenvalue weighted by atomic mass is 32.1. The molecular formula is C12H9FN2OS. The normalized spacial score (nSPS) is 12.3. The molecule has 1 aromatic carbocycles. The lowest BCUT2D eigenvalue weighted by molar-refractivity contribution is 0.100. The number of thiophene rings is 1. The van der Waals surface area contributed by atoms with Crippen LogP contribution in [0.5, 0.6) is 0 Å². The number of halogens is 1. The fourth-order valence-corrected chi connectivity index (χ4v) is 3.39. The zero-order valence-electron chi connectivity index (χ0n) is 8.79. The molecule has 1 heterocycles. The van der Waals surface area contributed by atoms with Gasteiger partial charge in [0, 0.05) is 16.9 Å². The summed E-state index contributed by atoms with van der Waals surface area (Å²) in [5, 5.41) is 0.442. The second kappa shape index (κ2) is 3.30. The van der Waals surface area contributed by atoms with Crippen molar-refractivity contribution in [3.63, 3.8) is 0 Å². The van der Waals surface area contributed by atoms with Gasteiger partial charge in [0.25, 0.3) is 5.91 Å². The van der Waals surface area contributed by atoms with Gasteiger partial charge in [-0.15, -0.1) is 11.3 Å². The van der Waals surface area contributed by atoms with Gasteiger partial charge in [-0.1, -0.05) is 6.07 Å². The molecule has 3 rings (SSSR count). The van der Waals surface area contributed by atoms with Gasteiger partial charge in [-0.2, -0.15) is 0 Å². The molecule has 0 aliphatic heterocycles. The Hall–Kier alpha value is -1.88. The molecule has 0 unspecified atom stereocenters. The summed E-state index contributed by atoms with van der Waals surface area (Å²) < 4.78 is 13.1. The summed E-state index contributed by atoms with van der Waals surface area (Å²) in [6.07, 6.45) is 0.616. The number of amides is 1. The van der Waals surface area contributed by atoms with Crippen molar-refractivity contribution in [3.8, 4) is 11.1 Å². The van der Waals surface area contributed by atoms with Crippen molar-refractivity contribution in [1.82, 2.24) is 0 Å². The van der Waals surface area contributed by atoms with Crippen molar-refractivity contribution in [2.45, 2.75) is 6.42 Å². The first-order valence-corrected chi connectivity index (χ1v) is 5.89. The largest absolute Gasteiger partial charge is 0.390 e. The lowest BCUT2D eigenvalue weighted by atomic mass is 10.0. The van der Waals surface area contributed by atoms with Crippen LogP contribution in [0, 0.1) is 5.82 Å². The van der Waals surface area contributed by atoms with E-state index in [1.54, 1.807) is 6.07 Å². The van der Waals surface area contributed by atoms with Crippen molar-refractivity contribution in [3.05, 3.63) is 40.0 Å². The van der Waals surface area contributed by atoms with Crippen LogP contribution < -0.4 is 11.5 Å². The summed E-state index contributed by atoms with van der Waals surface area (Å²) in [5.41, 5.74) is 14.0. The molecule has 1 aliphatic rings. The van der Waals surface area contributed by atoms with E-state index in [1.165, 1.54) is 23.5 Å². The molecule has 0 radical (unpaired) electrons. The first-order valence-electron chi connectivity index (χ1n) is 5.07. The van der Waals surface area contributed by atoms with E-state index in [0.29, 0.717) is 17.0 Å². The smallest absolute Gasteiger partial charge is 0.252 e. The second-order valence-electron chi connectivity index (χ2n) is 3.98. The number of rotatable bonds is 1. The maximum atomic E-state index is 13.1. The van der Waals surface area contributed by atoms with Crippen LogP contribution in [0.3, 0.4) is 0 Å². The molecule has 1 aromatic heterocycles. The van der Waals surface area contributed by atoms with E-state index < -0.39 is 5.91 Å². The van der Waals surface area contributed by atoms with Crippen molar-refractivity contribution in [2.75, 3.05) is 5.73 Å². The Morgan fingerprint density at radius 2 is 2.18 bits per heavy atom. The van der Waals surface area contributed by atoms with E-state index in [1.807, 2.05) is 0 Å². The van der Waals surface area contributed by atoms with E-state index in [0.717, 1.165) is 21.6 Å². The summed E-state index contributed by atoms with van der Waals surface area (Å²) in [5.74, 6) is -0.801. The highest BCUT2D eigenvalue weighted by Crippen LogP contribution is 2.46. The average molecular weight is 248 g/mol. The molecule has 0 atom stereocenters. The Bertz CT molecular complexity index is 648. The number of primary amides is 1. The average Bonchev–Trinajstić information content (AvgIpc) is 2.70. The van der Waals surface area contributed by atoms with Crippen LogP contribution in [0.25, 0.3) is 11.1 Å². The third-order valence-electron chi connectivity index (χ3n) is 2.94. The minimum Gasteiger partial charge on any atom is -0.390 e.